The van der Waals surface area contributed by atoms with E-state index in [0.717, 1.165) is 6.42 Å². The number of rotatable bonds is 5. The molecule has 1 rings (SSSR count). The summed E-state index contributed by atoms with van der Waals surface area (Å²) in [6.45, 7) is 9.40. The van der Waals surface area contributed by atoms with Gasteiger partial charge in [-0.05, 0) is 35.4 Å². The maximum atomic E-state index is 6.23. The van der Waals surface area contributed by atoms with Crippen LogP contribution in [-0.2, 0) is 0 Å². The largest absolute Gasteiger partial charge is 0.330 e. The van der Waals surface area contributed by atoms with Crippen molar-refractivity contribution in [3.05, 3.63) is 35.4 Å². The third kappa shape index (κ3) is 4.14. The fourth-order valence-corrected chi connectivity index (χ4v) is 1.92. The van der Waals surface area contributed by atoms with E-state index in [9.17, 15) is 0 Å². The van der Waals surface area contributed by atoms with Crippen LogP contribution in [-0.4, -0.2) is 6.54 Å². The van der Waals surface area contributed by atoms with E-state index in [1.54, 1.807) is 0 Å². The molecule has 0 saturated carbocycles. The van der Waals surface area contributed by atoms with Crippen LogP contribution >= 0.6 is 0 Å². The predicted octanol–water partition coefficient (Wildman–Crippen LogP) is 3.18. The Morgan fingerprint density at radius 1 is 1.06 bits per heavy atom. The van der Waals surface area contributed by atoms with Crippen molar-refractivity contribution in [3.8, 4) is 0 Å². The van der Waals surface area contributed by atoms with Gasteiger partial charge in [0, 0.05) is 6.04 Å². The van der Waals surface area contributed by atoms with E-state index in [4.69, 9.17) is 11.5 Å². The quantitative estimate of drug-likeness (QED) is 0.822. The number of hydrogen-bond acceptors (Lipinski definition) is 2. The van der Waals surface area contributed by atoms with Crippen molar-refractivity contribution in [2.75, 3.05) is 6.54 Å². The molecule has 0 spiro atoms. The minimum absolute atomic E-state index is 0.0785. The summed E-state index contributed by atoms with van der Waals surface area (Å²) >= 11 is 0. The van der Waals surface area contributed by atoms with Crippen molar-refractivity contribution in [1.29, 1.82) is 0 Å². The predicted molar refractivity (Wildman–Crippen MR) is 74.9 cm³/mol. The molecule has 0 aromatic heterocycles. The third-order valence-corrected chi connectivity index (χ3v) is 3.36. The van der Waals surface area contributed by atoms with Crippen LogP contribution in [0.15, 0.2) is 24.3 Å². The highest BCUT2D eigenvalue weighted by molar-refractivity contribution is 5.26. The van der Waals surface area contributed by atoms with Crippen LogP contribution in [0.25, 0.3) is 0 Å². The molecule has 1 aromatic rings. The summed E-state index contributed by atoms with van der Waals surface area (Å²) in [5.41, 5.74) is 14.6. The first kappa shape index (κ1) is 14.2. The Morgan fingerprint density at radius 3 is 1.94 bits per heavy atom. The van der Waals surface area contributed by atoms with Crippen molar-refractivity contribution in [3.63, 3.8) is 0 Å². The minimum atomic E-state index is 0.0785. The summed E-state index contributed by atoms with van der Waals surface area (Å²) in [7, 11) is 0. The maximum Gasteiger partial charge on any atom is 0.0300 e. The molecule has 4 N–H and O–H groups in total. The van der Waals surface area contributed by atoms with Gasteiger partial charge < -0.3 is 11.5 Å². The Balaban J connectivity index is 2.73. The van der Waals surface area contributed by atoms with Gasteiger partial charge >= 0.3 is 0 Å². The van der Waals surface area contributed by atoms with Crippen molar-refractivity contribution in [1.82, 2.24) is 0 Å². The Morgan fingerprint density at radius 2 is 1.53 bits per heavy atom. The summed E-state index contributed by atoms with van der Waals surface area (Å²) < 4.78 is 0. The second kappa shape index (κ2) is 5.65. The number of hydrogen-bond donors (Lipinski definition) is 2. The zero-order valence-corrected chi connectivity index (χ0v) is 11.5. The van der Waals surface area contributed by atoms with Crippen LogP contribution < -0.4 is 11.5 Å². The second-order valence-corrected chi connectivity index (χ2v) is 6.00. The molecule has 17 heavy (non-hydrogen) atoms. The lowest BCUT2D eigenvalue weighted by Crippen LogP contribution is -2.28. The van der Waals surface area contributed by atoms with Crippen LogP contribution in [0.4, 0.5) is 0 Å². The van der Waals surface area contributed by atoms with Crippen LogP contribution in [0.2, 0.25) is 0 Å². The molecular formula is C15H26N2. The Kier molecular flexibility index (Phi) is 4.72. The van der Waals surface area contributed by atoms with Gasteiger partial charge in [-0.15, -0.1) is 0 Å². The molecule has 0 aliphatic carbocycles. The maximum absolute atomic E-state index is 6.23. The van der Waals surface area contributed by atoms with Gasteiger partial charge in [-0.25, -0.2) is 0 Å². The molecule has 1 aromatic carbocycles. The van der Waals surface area contributed by atoms with E-state index in [-0.39, 0.29) is 11.5 Å². The SMILES string of the molecule is CC(C)c1ccc(C(N)CC(C)(C)CN)cc1. The first-order valence-electron chi connectivity index (χ1n) is 6.41. The van der Waals surface area contributed by atoms with E-state index in [1.807, 2.05) is 0 Å². The fraction of sp³-hybridized carbons (Fsp3) is 0.600. The van der Waals surface area contributed by atoms with Crippen LogP contribution in [0, 0.1) is 5.41 Å². The second-order valence-electron chi connectivity index (χ2n) is 6.00. The first-order valence-corrected chi connectivity index (χ1v) is 6.41. The van der Waals surface area contributed by atoms with Gasteiger partial charge in [0.25, 0.3) is 0 Å². The van der Waals surface area contributed by atoms with Crippen molar-refractivity contribution >= 4 is 0 Å². The van der Waals surface area contributed by atoms with E-state index in [2.05, 4.69) is 52.0 Å². The van der Waals surface area contributed by atoms with Gasteiger partial charge in [0.1, 0.15) is 0 Å². The standard InChI is InChI=1S/C15H26N2/c1-11(2)12-5-7-13(8-6-12)14(17)9-15(3,4)10-16/h5-8,11,14H,9-10,16-17H2,1-4H3. The lowest BCUT2D eigenvalue weighted by Gasteiger charge is -2.26. The van der Waals surface area contributed by atoms with Crippen LogP contribution in [0.3, 0.4) is 0 Å². The Labute approximate surface area is 105 Å². The average molecular weight is 234 g/mol. The van der Waals surface area contributed by atoms with E-state index in [1.165, 1.54) is 11.1 Å². The van der Waals surface area contributed by atoms with Crippen LogP contribution in [0.1, 0.15) is 57.2 Å². The number of benzene rings is 1. The van der Waals surface area contributed by atoms with E-state index >= 15 is 0 Å². The molecular weight excluding hydrogens is 208 g/mol. The van der Waals surface area contributed by atoms with E-state index in [0.29, 0.717) is 12.5 Å². The molecule has 0 radical (unpaired) electrons. The van der Waals surface area contributed by atoms with Crippen LogP contribution in [0.5, 0.6) is 0 Å². The minimum Gasteiger partial charge on any atom is -0.330 e. The molecule has 0 bridgehead atoms. The molecule has 0 saturated heterocycles. The molecule has 1 atom stereocenters. The first-order chi connectivity index (χ1) is 7.85. The Bertz CT molecular complexity index is 338. The third-order valence-electron chi connectivity index (χ3n) is 3.36. The molecule has 0 fully saturated rings. The van der Waals surface area contributed by atoms with Crippen molar-refractivity contribution < 1.29 is 0 Å². The summed E-state index contributed by atoms with van der Waals surface area (Å²) in [5, 5.41) is 0. The van der Waals surface area contributed by atoms with Crippen molar-refractivity contribution in [2.24, 2.45) is 16.9 Å². The molecule has 2 nitrogen and oxygen atoms in total. The average Bonchev–Trinajstić information content (AvgIpc) is 2.28. The lowest BCUT2D eigenvalue weighted by molar-refractivity contribution is 0.317. The summed E-state index contributed by atoms with van der Waals surface area (Å²) in [5.74, 6) is 0.570. The van der Waals surface area contributed by atoms with Gasteiger partial charge in [0.05, 0.1) is 0 Å². The summed E-state index contributed by atoms with van der Waals surface area (Å²) in [4.78, 5) is 0. The monoisotopic (exact) mass is 234 g/mol. The highest BCUT2D eigenvalue weighted by Crippen LogP contribution is 2.28. The van der Waals surface area contributed by atoms with E-state index < -0.39 is 0 Å². The van der Waals surface area contributed by atoms with Gasteiger partial charge in [0.15, 0.2) is 0 Å². The lowest BCUT2D eigenvalue weighted by atomic mass is 9.83. The van der Waals surface area contributed by atoms with Gasteiger partial charge in [-0.1, -0.05) is 52.0 Å². The number of nitrogens with two attached hydrogens (primary N) is 2. The molecule has 1 unspecified atom stereocenters. The molecule has 0 aliphatic heterocycles. The molecule has 2 heteroatoms. The zero-order chi connectivity index (χ0) is 13.1. The molecule has 0 amide bonds. The topological polar surface area (TPSA) is 52.0 Å². The normalized spacial score (nSPS) is 14.1. The molecule has 96 valence electrons. The summed E-state index contributed by atoms with van der Waals surface area (Å²) in [6.07, 6.45) is 0.921. The molecule has 0 aliphatic rings. The molecule has 0 heterocycles. The van der Waals surface area contributed by atoms with Gasteiger partial charge in [-0.3, -0.25) is 0 Å². The highest BCUT2D eigenvalue weighted by atomic mass is 14.7. The highest BCUT2D eigenvalue weighted by Gasteiger charge is 2.20. The van der Waals surface area contributed by atoms with Gasteiger partial charge in [0.2, 0.25) is 0 Å². The fourth-order valence-electron chi connectivity index (χ4n) is 1.92. The zero-order valence-electron chi connectivity index (χ0n) is 11.5. The Hall–Kier alpha value is -0.860. The smallest absolute Gasteiger partial charge is 0.0300 e. The summed E-state index contributed by atoms with van der Waals surface area (Å²) in [6, 6.07) is 8.72. The van der Waals surface area contributed by atoms with Gasteiger partial charge in [-0.2, -0.15) is 0 Å². The van der Waals surface area contributed by atoms with Crippen molar-refractivity contribution in [2.45, 2.75) is 46.1 Å².